The third-order valence-corrected chi connectivity index (χ3v) is 2.47. The van der Waals surface area contributed by atoms with E-state index in [1.807, 2.05) is 26.8 Å². The lowest BCUT2D eigenvalue weighted by atomic mass is 10.0. The second-order valence-electron chi connectivity index (χ2n) is 3.56. The molecule has 0 heterocycles. The molecule has 0 saturated carbocycles. The molecule has 0 bridgehead atoms. The van der Waals surface area contributed by atoms with Gasteiger partial charge in [-0.15, -0.1) is 0 Å². The number of carbonyl (C=O) groups excluding carboxylic acids is 1. The number of allylic oxidation sites excluding steroid dienone is 1. The molecule has 3 heteroatoms. The molecule has 0 amide bonds. The van der Waals surface area contributed by atoms with Crippen LogP contribution in [0.25, 0.3) is 0 Å². The lowest BCUT2D eigenvalue weighted by Crippen LogP contribution is -2.26. The maximum absolute atomic E-state index is 10.8. The molecule has 1 atom stereocenters. The van der Waals surface area contributed by atoms with E-state index >= 15 is 0 Å². The van der Waals surface area contributed by atoms with Crippen LogP contribution in [0.3, 0.4) is 0 Å². The van der Waals surface area contributed by atoms with Crippen molar-refractivity contribution in [2.75, 3.05) is 13.2 Å². The minimum atomic E-state index is -0.235. The van der Waals surface area contributed by atoms with Gasteiger partial charge in [0, 0.05) is 19.1 Å². The zero-order valence-electron chi connectivity index (χ0n) is 10.9. The van der Waals surface area contributed by atoms with Gasteiger partial charge in [0.25, 0.3) is 0 Å². The first kappa shape index (κ1) is 15.3. The Hall–Kier alpha value is -0.670. The van der Waals surface area contributed by atoms with Crippen LogP contribution in [0.2, 0.25) is 0 Å². The first-order valence-corrected chi connectivity index (χ1v) is 6.12. The van der Waals surface area contributed by atoms with Gasteiger partial charge in [-0.3, -0.25) is 4.79 Å². The first-order chi connectivity index (χ1) is 7.73. The normalized spacial score (nSPS) is 14.2. The molecule has 0 spiro atoms. The van der Waals surface area contributed by atoms with Crippen LogP contribution < -0.4 is 0 Å². The van der Waals surface area contributed by atoms with Crippen LogP contribution >= 0.6 is 0 Å². The number of aldehydes is 1. The van der Waals surface area contributed by atoms with E-state index in [0.717, 1.165) is 24.7 Å². The van der Waals surface area contributed by atoms with Crippen molar-refractivity contribution in [1.82, 2.24) is 0 Å². The number of ether oxygens (including phenoxy) is 2. The van der Waals surface area contributed by atoms with Crippen LogP contribution in [0.15, 0.2) is 11.6 Å². The highest BCUT2D eigenvalue weighted by Gasteiger charge is 2.18. The summed E-state index contributed by atoms with van der Waals surface area (Å²) in [6.07, 6.45) is 4.31. The average Bonchev–Trinajstić information content (AvgIpc) is 2.31. The minimum absolute atomic E-state index is 0.153. The fourth-order valence-corrected chi connectivity index (χ4v) is 1.53. The predicted octanol–water partition coefficient (Wildman–Crippen LogP) is 2.95. The maximum Gasteiger partial charge on any atom is 0.163 e. The van der Waals surface area contributed by atoms with Gasteiger partial charge in [0.2, 0.25) is 0 Å². The third kappa shape index (κ3) is 5.42. The van der Waals surface area contributed by atoms with E-state index in [2.05, 4.69) is 6.92 Å². The molecule has 16 heavy (non-hydrogen) atoms. The van der Waals surface area contributed by atoms with E-state index in [0.29, 0.717) is 13.2 Å². The van der Waals surface area contributed by atoms with Crippen LogP contribution in [0.5, 0.6) is 0 Å². The molecule has 0 N–H and O–H groups in total. The lowest BCUT2D eigenvalue weighted by Gasteiger charge is -2.23. The van der Waals surface area contributed by atoms with Crippen LogP contribution in [0.1, 0.15) is 40.5 Å². The fourth-order valence-electron chi connectivity index (χ4n) is 1.53. The molecule has 0 aliphatic heterocycles. The zero-order valence-corrected chi connectivity index (χ0v) is 10.9. The van der Waals surface area contributed by atoms with Crippen LogP contribution in [0, 0.1) is 5.92 Å². The van der Waals surface area contributed by atoms with E-state index in [4.69, 9.17) is 9.47 Å². The SMILES string of the molecule is CCOC(OCC)C(/C=C(/C=O)CC)CC. The van der Waals surface area contributed by atoms with Crippen molar-refractivity contribution in [3.63, 3.8) is 0 Å². The van der Waals surface area contributed by atoms with E-state index in [1.165, 1.54) is 0 Å². The Morgan fingerprint density at radius 1 is 1.12 bits per heavy atom. The summed E-state index contributed by atoms with van der Waals surface area (Å²) in [5.74, 6) is 0.153. The summed E-state index contributed by atoms with van der Waals surface area (Å²) in [4.78, 5) is 10.8. The second kappa shape index (κ2) is 9.55. The Kier molecular flexibility index (Phi) is 9.15. The largest absolute Gasteiger partial charge is 0.352 e. The molecule has 94 valence electrons. The quantitative estimate of drug-likeness (QED) is 0.346. The topological polar surface area (TPSA) is 35.5 Å². The van der Waals surface area contributed by atoms with Gasteiger partial charge in [0.15, 0.2) is 6.29 Å². The predicted molar refractivity (Wildman–Crippen MR) is 65.3 cm³/mol. The van der Waals surface area contributed by atoms with Crippen molar-refractivity contribution >= 4 is 6.29 Å². The van der Waals surface area contributed by atoms with Crippen molar-refractivity contribution in [2.45, 2.75) is 46.8 Å². The molecule has 0 radical (unpaired) electrons. The number of rotatable bonds is 9. The first-order valence-electron chi connectivity index (χ1n) is 6.12. The Morgan fingerprint density at radius 3 is 2.00 bits per heavy atom. The average molecular weight is 228 g/mol. The summed E-state index contributed by atoms with van der Waals surface area (Å²) >= 11 is 0. The van der Waals surface area contributed by atoms with Crippen molar-refractivity contribution in [1.29, 1.82) is 0 Å². The van der Waals surface area contributed by atoms with Gasteiger partial charge in [-0.05, 0) is 32.3 Å². The highest BCUT2D eigenvalue weighted by Crippen LogP contribution is 2.18. The molecular weight excluding hydrogens is 204 g/mol. The highest BCUT2D eigenvalue weighted by atomic mass is 16.7. The Bertz CT molecular complexity index is 205. The maximum atomic E-state index is 10.8. The van der Waals surface area contributed by atoms with Gasteiger partial charge >= 0.3 is 0 Å². The monoisotopic (exact) mass is 228 g/mol. The van der Waals surface area contributed by atoms with Gasteiger partial charge in [-0.2, -0.15) is 0 Å². The smallest absolute Gasteiger partial charge is 0.163 e. The van der Waals surface area contributed by atoms with Crippen LogP contribution in [0.4, 0.5) is 0 Å². The second-order valence-corrected chi connectivity index (χ2v) is 3.56. The summed E-state index contributed by atoms with van der Waals surface area (Å²) in [7, 11) is 0. The Morgan fingerprint density at radius 2 is 1.69 bits per heavy atom. The van der Waals surface area contributed by atoms with Gasteiger partial charge in [-0.25, -0.2) is 0 Å². The summed E-state index contributed by atoms with van der Waals surface area (Å²) in [6.45, 7) is 9.19. The molecule has 3 nitrogen and oxygen atoms in total. The third-order valence-electron chi connectivity index (χ3n) is 2.47. The molecule has 0 saturated heterocycles. The summed E-state index contributed by atoms with van der Waals surface area (Å²) in [6, 6.07) is 0. The summed E-state index contributed by atoms with van der Waals surface area (Å²) in [5.41, 5.74) is 0.816. The number of hydrogen-bond donors (Lipinski definition) is 0. The van der Waals surface area contributed by atoms with Crippen molar-refractivity contribution in [3.05, 3.63) is 11.6 Å². The van der Waals surface area contributed by atoms with Crippen molar-refractivity contribution < 1.29 is 14.3 Å². The Balaban J connectivity index is 4.63. The number of hydrogen-bond acceptors (Lipinski definition) is 3. The van der Waals surface area contributed by atoms with Crippen LogP contribution in [-0.2, 0) is 14.3 Å². The molecule has 0 rings (SSSR count). The van der Waals surface area contributed by atoms with E-state index in [-0.39, 0.29) is 12.2 Å². The van der Waals surface area contributed by atoms with Gasteiger partial charge < -0.3 is 9.47 Å². The standard InChI is InChI=1S/C13H24O3/c1-5-11(10-14)9-12(6-2)13(15-7-3)16-8-4/h9-10,12-13H,5-8H2,1-4H3/b11-9+. The van der Waals surface area contributed by atoms with Gasteiger partial charge in [-0.1, -0.05) is 19.9 Å². The van der Waals surface area contributed by atoms with Crippen molar-refractivity contribution in [2.24, 2.45) is 5.92 Å². The molecule has 1 unspecified atom stereocenters. The molecule has 0 fully saturated rings. The molecule has 0 aliphatic rings. The van der Waals surface area contributed by atoms with E-state index in [1.54, 1.807) is 0 Å². The van der Waals surface area contributed by atoms with Crippen molar-refractivity contribution in [3.8, 4) is 0 Å². The molecular formula is C13H24O3. The van der Waals surface area contributed by atoms with Gasteiger partial charge in [0.05, 0.1) is 0 Å². The highest BCUT2D eigenvalue weighted by molar-refractivity contribution is 5.72. The lowest BCUT2D eigenvalue weighted by molar-refractivity contribution is -0.158. The molecule has 0 aromatic heterocycles. The van der Waals surface area contributed by atoms with Gasteiger partial charge in [0.1, 0.15) is 6.29 Å². The number of carbonyl (C=O) groups is 1. The van der Waals surface area contributed by atoms with E-state index < -0.39 is 0 Å². The molecule has 0 aromatic carbocycles. The zero-order chi connectivity index (χ0) is 12.4. The summed E-state index contributed by atoms with van der Waals surface area (Å²) < 4.78 is 11.1. The van der Waals surface area contributed by atoms with E-state index in [9.17, 15) is 4.79 Å². The fraction of sp³-hybridized carbons (Fsp3) is 0.769. The van der Waals surface area contributed by atoms with Crippen LogP contribution in [-0.4, -0.2) is 25.8 Å². The summed E-state index contributed by atoms with van der Waals surface area (Å²) in [5, 5.41) is 0. The Labute approximate surface area is 98.8 Å². The minimum Gasteiger partial charge on any atom is -0.352 e. The molecule has 0 aromatic rings. The molecule has 0 aliphatic carbocycles.